The molecule has 0 unspecified atom stereocenters. The van der Waals surface area contributed by atoms with Gasteiger partial charge in [0, 0.05) is 21.6 Å². The molecule has 1 heterocycles. The summed E-state index contributed by atoms with van der Waals surface area (Å²) in [6.07, 6.45) is 2.00. The van der Waals surface area contributed by atoms with Crippen molar-refractivity contribution in [2.75, 3.05) is 7.11 Å². The van der Waals surface area contributed by atoms with Gasteiger partial charge < -0.3 is 9.84 Å². The zero-order valence-electron chi connectivity index (χ0n) is 12.9. The molecule has 0 radical (unpaired) electrons. The van der Waals surface area contributed by atoms with Crippen LogP contribution in [0.15, 0.2) is 53.9 Å². The van der Waals surface area contributed by atoms with Crippen molar-refractivity contribution in [3.8, 4) is 11.5 Å². The van der Waals surface area contributed by atoms with Crippen LogP contribution >= 0.6 is 11.3 Å². The highest BCUT2D eigenvalue weighted by Gasteiger charge is 2.27. The van der Waals surface area contributed by atoms with Gasteiger partial charge in [0.05, 0.1) is 7.11 Å². The van der Waals surface area contributed by atoms with Gasteiger partial charge >= 0.3 is 0 Å². The van der Waals surface area contributed by atoms with Crippen LogP contribution in [0.1, 0.15) is 31.9 Å². The van der Waals surface area contributed by atoms with Gasteiger partial charge in [0.15, 0.2) is 17.3 Å². The van der Waals surface area contributed by atoms with Gasteiger partial charge in [0.2, 0.25) is 0 Å². The van der Waals surface area contributed by atoms with Crippen molar-refractivity contribution in [3.05, 3.63) is 81.0 Å². The van der Waals surface area contributed by atoms with Crippen molar-refractivity contribution in [2.24, 2.45) is 0 Å². The van der Waals surface area contributed by atoms with Gasteiger partial charge in [-0.05, 0) is 40.8 Å². The van der Waals surface area contributed by atoms with Crippen molar-refractivity contribution in [2.45, 2.75) is 0 Å². The third kappa shape index (κ3) is 2.23. The molecular formula is C20H14O3S. The summed E-state index contributed by atoms with van der Waals surface area (Å²) in [7, 11) is 1.52. The Morgan fingerprint density at radius 3 is 2.58 bits per heavy atom. The Kier molecular flexibility index (Phi) is 3.47. The Labute approximate surface area is 143 Å². The van der Waals surface area contributed by atoms with Gasteiger partial charge in [0.1, 0.15) is 0 Å². The highest BCUT2D eigenvalue weighted by Crippen LogP contribution is 2.40. The van der Waals surface area contributed by atoms with Crippen LogP contribution < -0.4 is 4.74 Å². The molecule has 4 heteroatoms. The van der Waals surface area contributed by atoms with Crippen LogP contribution in [0, 0.1) is 0 Å². The summed E-state index contributed by atoms with van der Waals surface area (Å²) in [6, 6.07) is 14.8. The van der Waals surface area contributed by atoms with E-state index in [1.807, 2.05) is 47.9 Å². The Morgan fingerprint density at radius 1 is 1.04 bits per heavy atom. The van der Waals surface area contributed by atoms with Crippen LogP contribution in [-0.2, 0) is 0 Å². The predicted octanol–water partition coefficient (Wildman–Crippen LogP) is 4.60. The standard InChI is InChI=1S/C20H14O3S/c1-23-18-7-6-12(11-17(18)21)10-16-13-4-2-3-5-14(13)19(22)15-8-9-24-20(15)16/h2-11,21H,1H3/b16-10-. The smallest absolute Gasteiger partial charge is 0.195 e. The summed E-state index contributed by atoms with van der Waals surface area (Å²) in [6.45, 7) is 0. The van der Waals surface area contributed by atoms with E-state index in [-0.39, 0.29) is 11.5 Å². The van der Waals surface area contributed by atoms with E-state index in [0.29, 0.717) is 11.3 Å². The van der Waals surface area contributed by atoms with E-state index in [9.17, 15) is 9.90 Å². The lowest BCUT2D eigenvalue weighted by Gasteiger charge is -2.18. The molecule has 0 fully saturated rings. The fraction of sp³-hybridized carbons (Fsp3) is 0.0500. The molecule has 24 heavy (non-hydrogen) atoms. The molecule has 3 aromatic rings. The zero-order chi connectivity index (χ0) is 16.7. The molecule has 0 atom stereocenters. The fourth-order valence-corrected chi connectivity index (χ4v) is 3.91. The quantitative estimate of drug-likeness (QED) is 0.583. The van der Waals surface area contributed by atoms with Crippen LogP contribution in [0.25, 0.3) is 11.6 Å². The van der Waals surface area contributed by atoms with Crippen molar-refractivity contribution in [3.63, 3.8) is 0 Å². The Bertz CT molecular complexity index is 982. The third-order valence-corrected chi connectivity index (χ3v) is 5.08. The number of fused-ring (bicyclic) bond motifs is 2. The highest BCUT2D eigenvalue weighted by atomic mass is 32.1. The van der Waals surface area contributed by atoms with E-state index in [4.69, 9.17) is 4.74 Å². The number of rotatable bonds is 2. The molecule has 1 N–H and O–H groups in total. The minimum atomic E-state index is 0.0663. The average Bonchev–Trinajstić information content (AvgIpc) is 3.09. The minimum Gasteiger partial charge on any atom is -0.504 e. The molecule has 1 aliphatic carbocycles. The molecule has 4 rings (SSSR count). The number of ketones is 1. The topological polar surface area (TPSA) is 46.5 Å². The molecule has 0 amide bonds. The van der Waals surface area contributed by atoms with Crippen molar-refractivity contribution in [1.29, 1.82) is 0 Å². The number of methoxy groups -OCH3 is 1. The Balaban J connectivity index is 1.92. The lowest BCUT2D eigenvalue weighted by atomic mass is 9.85. The maximum absolute atomic E-state index is 12.6. The number of benzene rings is 2. The molecule has 1 aromatic heterocycles. The zero-order valence-corrected chi connectivity index (χ0v) is 13.8. The SMILES string of the molecule is COc1ccc(/C=C2/c3ccccc3C(=O)c3ccsc32)cc1O. The van der Waals surface area contributed by atoms with Crippen molar-refractivity contribution in [1.82, 2.24) is 0 Å². The second-order valence-electron chi connectivity index (χ2n) is 5.53. The second-order valence-corrected chi connectivity index (χ2v) is 6.44. The maximum atomic E-state index is 12.6. The maximum Gasteiger partial charge on any atom is 0.195 e. The van der Waals surface area contributed by atoms with E-state index in [2.05, 4.69) is 0 Å². The van der Waals surface area contributed by atoms with E-state index in [1.165, 1.54) is 7.11 Å². The Hall–Kier alpha value is -2.85. The number of hydrogen-bond donors (Lipinski definition) is 1. The van der Waals surface area contributed by atoms with E-state index in [0.717, 1.165) is 27.1 Å². The van der Waals surface area contributed by atoms with Gasteiger partial charge in [-0.1, -0.05) is 30.3 Å². The van der Waals surface area contributed by atoms with Crippen molar-refractivity contribution >= 4 is 28.8 Å². The fourth-order valence-electron chi connectivity index (χ4n) is 2.99. The first kappa shape index (κ1) is 14.7. The summed E-state index contributed by atoms with van der Waals surface area (Å²) in [5.41, 5.74) is 4.23. The summed E-state index contributed by atoms with van der Waals surface area (Å²) in [5.74, 6) is 0.600. The largest absolute Gasteiger partial charge is 0.504 e. The number of hydrogen-bond acceptors (Lipinski definition) is 4. The molecule has 118 valence electrons. The van der Waals surface area contributed by atoms with Crippen LogP contribution in [0.4, 0.5) is 0 Å². The summed E-state index contributed by atoms with van der Waals surface area (Å²) < 4.78 is 5.09. The van der Waals surface area contributed by atoms with Crippen LogP contribution in [0.3, 0.4) is 0 Å². The summed E-state index contributed by atoms with van der Waals surface area (Å²) in [5, 5.41) is 11.9. The first-order valence-corrected chi connectivity index (χ1v) is 8.37. The monoisotopic (exact) mass is 334 g/mol. The lowest BCUT2D eigenvalue weighted by molar-refractivity contribution is 0.103. The molecule has 0 saturated heterocycles. The number of aromatic hydroxyl groups is 1. The number of ether oxygens (including phenoxy) is 1. The van der Waals surface area contributed by atoms with Crippen LogP contribution in [0.2, 0.25) is 0 Å². The van der Waals surface area contributed by atoms with Gasteiger partial charge in [0.25, 0.3) is 0 Å². The number of thiophene rings is 1. The van der Waals surface area contributed by atoms with Gasteiger partial charge in [-0.3, -0.25) is 4.79 Å². The first-order chi connectivity index (χ1) is 11.7. The summed E-state index contributed by atoms with van der Waals surface area (Å²) in [4.78, 5) is 13.6. The molecule has 0 saturated carbocycles. The molecule has 2 aromatic carbocycles. The van der Waals surface area contributed by atoms with Gasteiger partial charge in [-0.2, -0.15) is 0 Å². The van der Waals surface area contributed by atoms with Crippen LogP contribution in [0.5, 0.6) is 11.5 Å². The van der Waals surface area contributed by atoms with E-state index < -0.39 is 0 Å². The molecule has 0 spiro atoms. The first-order valence-electron chi connectivity index (χ1n) is 7.49. The lowest BCUT2D eigenvalue weighted by Crippen LogP contribution is -2.11. The molecular weight excluding hydrogens is 320 g/mol. The molecule has 0 aliphatic heterocycles. The second kappa shape index (κ2) is 5.65. The molecule has 0 bridgehead atoms. The summed E-state index contributed by atoms with van der Waals surface area (Å²) >= 11 is 1.56. The number of phenols is 1. The Morgan fingerprint density at radius 2 is 1.83 bits per heavy atom. The molecule has 3 nitrogen and oxygen atoms in total. The van der Waals surface area contributed by atoms with Gasteiger partial charge in [-0.15, -0.1) is 11.3 Å². The van der Waals surface area contributed by atoms with Crippen LogP contribution in [-0.4, -0.2) is 18.0 Å². The number of carbonyl (C=O) groups excluding carboxylic acids is 1. The highest BCUT2D eigenvalue weighted by molar-refractivity contribution is 7.11. The van der Waals surface area contributed by atoms with Crippen molar-refractivity contribution < 1.29 is 14.6 Å². The predicted molar refractivity (Wildman–Crippen MR) is 95.8 cm³/mol. The average molecular weight is 334 g/mol. The van der Waals surface area contributed by atoms with E-state index in [1.54, 1.807) is 23.5 Å². The number of phenolic OH excluding ortho intramolecular Hbond substituents is 1. The normalized spacial score (nSPS) is 14.4. The van der Waals surface area contributed by atoms with Gasteiger partial charge in [-0.25, -0.2) is 0 Å². The minimum absolute atomic E-state index is 0.0663. The number of carbonyl (C=O) groups is 1. The molecule has 1 aliphatic rings. The van der Waals surface area contributed by atoms with E-state index >= 15 is 0 Å². The third-order valence-electron chi connectivity index (χ3n) is 4.13.